The maximum absolute atomic E-state index is 5.87. The van der Waals surface area contributed by atoms with Crippen LogP contribution in [0, 0.1) is 5.92 Å². The predicted molar refractivity (Wildman–Crippen MR) is 35.6 cm³/mol. The second-order valence-corrected chi connectivity index (χ2v) is 3.50. The summed E-state index contributed by atoms with van der Waals surface area (Å²) < 4.78 is 0. The molecule has 1 aliphatic carbocycles. The highest BCUT2D eigenvalue weighted by atomic mass is 14.7. The van der Waals surface area contributed by atoms with Gasteiger partial charge in [-0.25, -0.2) is 0 Å². The zero-order chi connectivity index (χ0) is 6.20. The summed E-state index contributed by atoms with van der Waals surface area (Å²) >= 11 is 0. The van der Waals surface area contributed by atoms with E-state index in [1.54, 1.807) is 0 Å². The van der Waals surface area contributed by atoms with Crippen LogP contribution in [0.4, 0.5) is 0 Å². The van der Waals surface area contributed by atoms with Crippen LogP contribution in [0.3, 0.4) is 0 Å². The first-order valence-electron chi connectivity index (χ1n) is 3.39. The Bertz CT molecular complexity index is 86.4. The summed E-state index contributed by atoms with van der Waals surface area (Å²) in [6.07, 6.45) is 3.76. The van der Waals surface area contributed by atoms with Crippen LogP contribution in [0.15, 0.2) is 0 Å². The van der Waals surface area contributed by atoms with Gasteiger partial charge in [-0.3, -0.25) is 0 Å². The Morgan fingerprint density at radius 1 is 1.62 bits per heavy atom. The highest BCUT2D eigenvalue weighted by Crippen LogP contribution is 2.31. The van der Waals surface area contributed by atoms with Crippen molar-refractivity contribution in [2.45, 2.75) is 38.6 Å². The molecule has 0 aliphatic heterocycles. The van der Waals surface area contributed by atoms with E-state index in [0.29, 0.717) is 0 Å². The minimum atomic E-state index is 0.166. The molecule has 0 aromatic heterocycles. The second-order valence-electron chi connectivity index (χ2n) is 3.50. The molecule has 2 atom stereocenters. The minimum absolute atomic E-state index is 0.166. The van der Waals surface area contributed by atoms with Gasteiger partial charge in [0.1, 0.15) is 0 Å². The summed E-state index contributed by atoms with van der Waals surface area (Å²) in [7, 11) is 0. The van der Waals surface area contributed by atoms with Crippen LogP contribution in [0.2, 0.25) is 0 Å². The van der Waals surface area contributed by atoms with E-state index in [1.165, 1.54) is 19.3 Å². The molecule has 2 N–H and O–H groups in total. The van der Waals surface area contributed by atoms with Gasteiger partial charge in [-0.2, -0.15) is 0 Å². The predicted octanol–water partition coefficient (Wildman–Crippen LogP) is 1.52. The van der Waals surface area contributed by atoms with Crippen molar-refractivity contribution >= 4 is 0 Å². The van der Waals surface area contributed by atoms with Crippen LogP contribution in [0.1, 0.15) is 33.1 Å². The van der Waals surface area contributed by atoms with Crippen molar-refractivity contribution < 1.29 is 0 Å². The molecule has 48 valence electrons. The van der Waals surface area contributed by atoms with Gasteiger partial charge in [-0.15, -0.1) is 0 Å². The van der Waals surface area contributed by atoms with Gasteiger partial charge in [-0.1, -0.05) is 6.92 Å². The lowest BCUT2D eigenvalue weighted by Gasteiger charge is -2.15. The molecule has 0 saturated heterocycles. The van der Waals surface area contributed by atoms with Crippen LogP contribution < -0.4 is 5.73 Å². The monoisotopic (exact) mass is 113 g/mol. The first-order valence-corrected chi connectivity index (χ1v) is 3.39. The molecule has 0 unspecified atom stereocenters. The molecule has 0 spiro atoms. The fourth-order valence-electron chi connectivity index (χ4n) is 1.58. The molecule has 1 rings (SSSR count). The minimum Gasteiger partial charge on any atom is -0.325 e. The van der Waals surface area contributed by atoms with Crippen molar-refractivity contribution in [3.05, 3.63) is 0 Å². The molecule has 1 nitrogen and oxygen atoms in total. The smallest absolute Gasteiger partial charge is 0.0128 e. The van der Waals surface area contributed by atoms with E-state index in [2.05, 4.69) is 13.8 Å². The lowest BCUT2D eigenvalue weighted by molar-refractivity contribution is 0.464. The average molecular weight is 113 g/mol. The van der Waals surface area contributed by atoms with Gasteiger partial charge in [0.25, 0.3) is 0 Å². The molecule has 0 amide bonds. The van der Waals surface area contributed by atoms with Crippen LogP contribution in [0.5, 0.6) is 0 Å². The van der Waals surface area contributed by atoms with Gasteiger partial charge >= 0.3 is 0 Å². The van der Waals surface area contributed by atoms with Crippen LogP contribution in [-0.2, 0) is 0 Å². The van der Waals surface area contributed by atoms with Crippen LogP contribution in [-0.4, -0.2) is 5.54 Å². The van der Waals surface area contributed by atoms with E-state index in [-0.39, 0.29) is 5.54 Å². The van der Waals surface area contributed by atoms with Crippen molar-refractivity contribution in [1.29, 1.82) is 0 Å². The second kappa shape index (κ2) is 1.73. The molecule has 0 bridgehead atoms. The molecular weight excluding hydrogens is 98.1 g/mol. The lowest BCUT2D eigenvalue weighted by atomic mass is 10.0. The summed E-state index contributed by atoms with van der Waals surface area (Å²) in [4.78, 5) is 0. The summed E-state index contributed by atoms with van der Waals surface area (Å²) in [6, 6.07) is 0. The van der Waals surface area contributed by atoms with E-state index < -0.39 is 0 Å². The van der Waals surface area contributed by atoms with E-state index >= 15 is 0 Å². The number of hydrogen-bond acceptors (Lipinski definition) is 1. The van der Waals surface area contributed by atoms with Crippen molar-refractivity contribution in [2.24, 2.45) is 11.7 Å². The van der Waals surface area contributed by atoms with Crippen molar-refractivity contribution in [2.75, 3.05) is 0 Å². The van der Waals surface area contributed by atoms with Gasteiger partial charge in [0.05, 0.1) is 0 Å². The Labute approximate surface area is 51.3 Å². The Morgan fingerprint density at radius 3 is 2.38 bits per heavy atom. The third kappa shape index (κ3) is 1.22. The maximum atomic E-state index is 5.87. The summed E-state index contributed by atoms with van der Waals surface area (Å²) in [6.45, 7) is 4.43. The molecule has 0 aromatic carbocycles. The highest BCUT2D eigenvalue weighted by Gasteiger charge is 2.28. The third-order valence-electron chi connectivity index (χ3n) is 2.02. The fourth-order valence-corrected chi connectivity index (χ4v) is 1.58. The first-order chi connectivity index (χ1) is 3.60. The molecule has 1 aliphatic rings. The number of hydrogen-bond donors (Lipinski definition) is 1. The van der Waals surface area contributed by atoms with Crippen molar-refractivity contribution in [3.63, 3.8) is 0 Å². The molecule has 8 heavy (non-hydrogen) atoms. The van der Waals surface area contributed by atoms with Gasteiger partial charge in [-0.05, 0) is 32.1 Å². The standard InChI is InChI=1S/C7H15N/c1-6-3-4-7(2,8)5-6/h6H,3-5,8H2,1-2H3/t6-,7-/m1/s1. The Balaban J connectivity index is 2.44. The third-order valence-corrected chi connectivity index (χ3v) is 2.02. The van der Waals surface area contributed by atoms with E-state index in [0.717, 1.165) is 5.92 Å². The number of nitrogens with two attached hydrogens (primary N) is 1. The topological polar surface area (TPSA) is 26.0 Å². The number of rotatable bonds is 0. The summed E-state index contributed by atoms with van der Waals surface area (Å²) in [5.74, 6) is 0.866. The highest BCUT2D eigenvalue weighted by molar-refractivity contribution is 4.87. The van der Waals surface area contributed by atoms with E-state index in [1.807, 2.05) is 0 Å². The molecular formula is C7H15N. The van der Waals surface area contributed by atoms with Crippen molar-refractivity contribution in [1.82, 2.24) is 0 Å². The Kier molecular flexibility index (Phi) is 1.31. The molecule has 0 radical (unpaired) electrons. The Hall–Kier alpha value is -0.0400. The van der Waals surface area contributed by atoms with Crippen LogP contribution in [0.25, 0.3) is 0 Å². The molecule has 0 heterocycles. The Morgan fingerprint density at radius 2 is 2.25 bits per heavy atom. The van der Waals surface area contributed by atoms with Gasteiger partial charge in [0, 0.05) is 5.54 Å². The van der Waals surface area contributed by atoms with Crippen LogP contribution >= 0.6 is 0 Å². The fraction of sp³-hybridized carbons (Fsp3) is 1.00. The van der Waals surface area contributed by atoms with Crippen molar-refractivity contribution in [3.8, 4) is 0 Å². The SMILES string of the molecule is C[C@@H]1CC[C@@](C)(N)C1. The molecule has 1 saturated carbocycles. The normalized spacial score (nSPS) is 47.6. The van der Waals surface area contributed by atoms with Gasteiger partial charge in [0.2, 0.25) is 0 Å². The van der Waals surface area contributed by atoms with Gasteiger partial charge < -0.3 is 5.73 Å². The average Bonchev–Trinajstić information content (AvgIpc) is 1.82. The van der Waals surface area contributed by atoms with E-state index in [9.17, 15) is 0 Å². The largest absolute Gasteiger partial charge is 0.325 e. The maximum Gasteiger partial charge on any atom is 0.0128 e. The molecule has 1 fully saturated rings. The summed E-state index contributed by atoms with van der Waals surface area (Å²) in [5, 5.41) is 0. The zero-order valence-corrected chi connectivity index (χ0v) is 5.78. The molecule has 1 heteroatoms. The summed E-state index contributed by atoms with van der Waals surface area (Å²) in [5.41, 5.74) is 6.03. The molecule has 0 aromatic rings. The zero-order valence-electron chi connectivity index (χ0n) is 5.78. The first kappa shape index (κ1) is 6.09. The lowest BCUT2D eigenvalue weighted by Crippen LogP contribution is -2.32. The van der Waals surface area contributed by atoms with Gasteiger partial charge in [0.15, 0.2) is 0 Å². The quantitative estimate of drug-likeness (QED) is 0.506. The van der Waals surface area contributed by atoms with E-state index in [4.69, 9.17) is 5.73 Å².